The molecule has 23 heavy (non-hydrogen) atoms. The first-order valence-corrected chi connectivity index (χ1v) is 7.20. The number of esters is 1. The largest absolute Gasteiger partial charge is 0.464 e. The molecular weight excluding hydrogens is 298 g/mol. The molecule has 0 unspecified atom stereocenters. The number of carbonyl (C=O) groups excluding carboxylic acids is 2. The van der Waals surface area contributed by atoms with Crippen molar-refractivity contribution in [2.45, 2.75) is 12.8 Å². The van der Waals surface area contributed by atoms with E-state index in [0.717, 1.165) is 11.4 Å². The van der Waals surface area contributed by atoms with Gasteiger partial charge < -0.3 is 14.8 Å². The highest BCUT2D eigenvalue weighted by Gasteiger charge is 2.15. The Morgan fingerprint density at radius 1 is 1.17 bits per heavy atom. The Morgan fingerprint density at radius 3 is 2.57 bits per heavy atom. The van der Waals surface area contributed by atoms with Crippen LogP contribution in [0.15, 0.2) is 36.4 Å². The van der Waals surface area contributed by atoms with Crippen LogP contribution in [0.2, 0.25) is 0 Å². The van der Waals surface area contributed by atoms with Gasteiger partial charge in [-0.25, -0.2) is 14.3 Å². The third-order valence-electron chi connectivity index (χ3n) is 3.24. The molecular formula is C16H19N3O4. The number of aryl methyl sites for hydroxylation is 1. The van der Waals surface area contributed by atoms with E-state index in [2.05, 4.69) is 15.2 Å². The summed E-state index contributed by atoms with van der Waals surface area (Å²) in [4.78, 5) is 22.7. The second kappa shape index (κ2) is 7.98. The van der Waals surface area contributed by atoms with E-state index < -0.39 is 12.1 Å². The molecule has 1 aromatic carbocycles. The smallest absolute Gasteiger partial charge is 0.406 e. The molecule has 2 rings (SSSR count). The van der Waals surface area contributed by atoms with Crippen LogP contribution in [-0.4, -0.2) is 42.6 Å². The first-order chi connectivity index (χ1) is 11.2. The van der Waals surface area contributed by atoms with Crippen molar-refractivity contribution in [3.8, 4) is 5.69 Å². The van der Waals surface area contributed by atoms with Crippen LogP contribution in [0.5, 0.6) is 0 Å². The highest BCUT2D eigenvalue weighted by atomic mass is 16.5. The fourth-order valence-corrected chi connectivity index (χ4v) is 2.13. The van der Waals surface area contributed by atoms with E-state index in [1.54, 1.807) is 10.7 Å². The normalized spacial score (nSPS) is 10.2. The molecule has 122 valence electrons. The van der Waals surface area contributed by atoms with Gasteiger partial charge in [0.15, 0.2) is 5.69 Å². The molecule has 1 aromatic heterocycles. The van der Waals surface area contributed by atoms with Gasteiger partial charge in [0.1, 0.15) is 0 Å². The summed E-state index contributed by atoms with van der Waals surface area (Å²) in [6.07, 6.45) is 0.869. The zero-order valence-electron chi connectivity index (χ0n) is 13.1. The molecule has 0 fully saturated rings. The van der Waals surface area contributed by atoms with Crippen LogP contribution in [-0.2, 0) is 15.9 Å². The summed E-state index contributed by atoms with van der Waals surface area (Å²) in [7, 11) is 2.65. The van der Waals surface area contributed by atoms with Gasteiger partial charge in [-0.05, 0) is 31.0 Å². The number of rotatable bonds is 6. The van der Waals surface area contributed by atoms with E-state index in [4.69, 9.17) is 4.74 Å². The number of methoxy groups -OCH3 is 2. The van der Waals surface area contributed by atoms with E-state index in [9.17, 15) is 9.59 Å². The minimum Gasteiger partial charge on any atom is -0.464 e. The fraction of sp³-hybridized carbons (Fsp3) is 0.312. The summed E-state index contributed by atoms with van der Waals surface area (Å²) < 4.78 is 11.0. The van der Waals surface area contributed by atoms with Gasteiger partial charge in [-0.1, -0.05) is 18.2 Å². The van der Waals surface area contributed by atoms with Crippen LogP contribution in [0.4, 0.5) is 4.79 Å². The zero-order chi connectivity index (χ0) is 16.7. The van der Waals surface area contributed by atoms with Crippen LogP contribution < -0.4 is 5.32 Å². The molecule has 7 heteroatoms. The Bertz CT molecular complexity index is 667. The molecule has 0 aliphatic rings. The number of aromatic nitrogens is 2. The molecule has 0 saturated heterocycles. The lowest BCUT2D eigenvalue weighted by molar-refractivity contribution is 0.0593. The molecule has 1 N–H and O–H groups in total. The van der Waals surface area contributed by atoms with E-state index in [-0.39, 0.29) is 5.69 Å². The minimum absolute atomic E-state index is 0.257. The van der Waals surface area contributed by atoms with Gasteiger partial charge in [0.05, 0.1) is 19.9 Å². The molecule has 2 aromatic rings. The molecule has 1 heterocycles. The number of alkyl carbamates (subject to hydrolysis) is 1. The van der Waals surface area contributed by atoms with Gasteiger partial charge in [0.25, 0.3) is 0 Å². The van der Waals surface area contributed by atoms with Crippen molar-refractivity contribution >= 4 is 12.1 Å². The van der Waals surface area contributed by atoms with Gasteiger partial charge in [0, 0.05) is 12.2 Å². The molecule has 7 nitrogen and oxygen atoms in total. The summed E-state index contributed by atoms with van der Waals surface area (Å²) in [5.74, 6) is -0.478. The summed E-state index contributed by atoms with van der Waals surface area (Å²) in [5, 5.41) is 6.93. The van der Waals surface area contributed by atoms with E-state index in [1.165, 1.54) is 14.2 Å². The summed E-state index contributed by atoms with van der Waals surface area (Å²) >= 11 is 0. The lowest BCUT2D eigenvalue weighted by Gasteiger charge is -2.07. The number of hydrogen-bond acceptors (Lipinski definition) is 5. The fourth-order valence-electron chi connectivity index (χ4n) is 2.13. The van der Waals surface area contributed by atoms with Crippen molar-refractivity contribution in [1.29, 1.82) is 0 Å². The molecule has 0 spiro atoms. The van der Waals surface area contributed by atoms with E-state index in [0.29, 0.717) is 19.4 Å². The third kappa shape index (κ3) is 4.32. The number of para-hydroxylation sites is 1. The Hall–Kier alpha value is -2.83. The predicted octanol–water partition coefficient (Wildman–Crippen LogP) is 1.95. The monoisotopic (exact) mass is 317 g/mol. The van der Waals surface area contributed by atoms with Crippen LogP contribution in [0.3, 0.4) is 0 Å². The van der Waals surface area contributed by atoms with Gasteiger partial charge in [-0.3, -0.25) is 0 Å². The van der Waals surface area contributed by atoms with E-state index >= 15 is 0 Å². The maximum atomic E-state index is 11.7. The van der Waals surface area contributed by atoms with Crippen LogP contribution in [0, 0.1) is 0 Å². The van der Waals surface area contributed by atoms with Crippen molar-refractivity contribution in [1.82, 2.24) is 15.1 Å². The summed E-state index contributed by atoms with van der Waals surface area (Å²) in [6.45, 7) is 0.472. The average molecular weight is 317 g/mol. The van der Waals surface area contributed by atoms with Crippen LogP contribution in [0.1, 0.15) is 22.6 Å². The lowest BCUT2D eigenvalue weighted by atomic mass is 10.2. The predicted molar refractivity (Wildman–Crippen MR) is 83.6 cm³/mol. The third-order valence-corrected chi connectivity index (χ3v) is 3.24. The second-order valence-corrected chi connectivity index (χ2v) is 4.78. The maximum Gasteiger partial charge on any atom is 0.406 e. The van der Waals surface area contributed by atoms with Crippen LogP contribution in [0.25, 0.3) is 5.69 Å². The second-order valence-electron chi connectivity index (χ2n) is 4.78. The number of hydrogen-bond donors (Lipinski definition) is 1. The van der Waals surface area contributed by atoms with Crippen molar-refractivity contribution in [2.75, 3.05) is 20.8 Å². The summed E-state index contributed by atoms with van der Waals surface area (Å²) in [5.41, 5.74) is 1.98. The van der Waals surface area contributed by atoms with Gasteiger partial charge >= 0.3 is 12.1 Å². The van der Waals surface area contributed by atoms with Gasteiger partial charge in [-0.2, -0.15) is 5.10 Å². The molecule has 0 aliphatic heterocycles. The van der Waals surface area contributed by atoms with Crippen molar-refractivity contribution in [3.63, 3.8) is 0 Å². The minimum atomic E-state index is -0.478. The van der Waals surface area contributed by atoms with Crippen molar-refractivity contribution in [2.24, 2.45) is 0 Å². The molecule has 1 amide bonds. The lowest BCUT2D eigenvalue weighted by Crippen LogP contribution is -2.24. The molecule has 0 saturated carbocycles. The first kappa shape index (κ1) is 16.5. The maximum absolute atomic E-state index is 11.7. The van der Waals surface area contributed by atoms with Gasteiger partial charge in [0.2, 0.25) is 0 Å². The topological polar surface area (TPSA) is 82.4 Å². The van der Waals surface area contributed by atoms with Crippen LogP contribution >= 0.6 is 0 Å². The Morgan fingerprint density at radius 2 is 1.91 bits per heavy atom. The number of benzene rings is 1. The number of nitrogens with one attached hydrogen (secondary N) is 1. The van der Waals surface area contributed by atoms with Crippen molar-refractivity contribution in [3.05, 3.63) is 47.8 Å². The van der Waals surface area contributed by atoms with Crippen molar-refractivity contribution < 1.29 is 19.1 Å². The quantitative estimate of drug-likeness (QED) is 0.650. The first-order valence-electron chi connectivity index (χ1n) is 7.20. The van der Waals surface area contributed by atoms with Gasteiger partial charge in [-0.15, -0.1) is 0 Å². The molecule has 0 bridgehead atoms. The Kier molecular flexibility index (Phi) is 5.74. The Balaban J connectivity index is 2.14. The number of ether oxygens (including phenoxy) is 2. The summed E-state index contributed by atoms with van der Waals surface area (Å²) in [6, 6.07) is 11.2. The average Bonchev–Trinajstić information content (AvgIpc) is 3.02. The zero-order valence-corrected chi connectivity index (χ0v) is 13.1. The SMILES string of the molecule is COC(=O)NCCCc1cc(C(=O)OC)nn1-c1ccccc1. The number of nitrogens with zero attached hydrogens (tertiary/aromatic N) is 2. The highest BCUT2D eigenvalue weighted by Crippen LogP contribution is 2.15. The molecule has 0 radical (unpaired) electrons. The molecule has 0 atom stereocenters. The highest BCUT2D eigenvalue weighted by molar-refractivity contribution is 5.87. The molecule has 0 aliphatic carbocycles. The number of carbonyl (C=O) groups is 2. The standard InChI is InChI=1S/C16H19N3O4/c1-22-15(20)14-11-13(9-6-10-17-16(21)23-2)19(18-14)12-7-4-3-5-8-12/h3-5,7-8,11H,6,9-10H2,1-2H3,(H,17,21). The number of amides is 1. The van der Waals surface area contributed by atoms with E-state index in [1.807, 2.05) is 30.3 Å². The Labute approximate surface area is 134 Å².